The van der Waals surface area contributed by atoms with E-state index in [-0.39, 0.29) is 5.63 Å². The third kappa shape index (κ3) is 2.13. The molecule has 0 spiro atoms. The molecule has 3 rings (SSSR count). The van der Waals surface area contributed by atoms with Crippen LogP contribution in [0.2, 0.25) is 0 Å². The van der Waals surface area contributed by atoms with Gasteiger partial charge in [-0.25, -0.2) is 9.78 Å². The van der Waals surface area contributed by atoms with E-state index in [0.717, 1.165) is 30.2 Å². The van der Waals surface area contributed by atoms with E-state index in [4.69, 9.17) is 4.42 Å². The molecule has 0 aliphatic carbocycles. The second-order valence-electron chi connectivity index (χ2n) is 4.75. The Hall–Kier alpha value is -2.36. The third-order valence-electron chi connectivity index (χ3n) is 3.36. The topological polar surface area (TPSA) is 55.1 Å². The van der Waals surface area contributed by atoms with Gasteiger partial charge in [0.15, 0.2) is 0 Å². The van der Waals surface area contributed by atoms with Gasteiger partial charge >= 0.3 is 5.63 Å². The van der Waals surface area contributed by atoms with Gasteiger partial charge in [0, 0.05) is 23.5 Å². The molecule has 0 unspecified atom stereocenters. The van der Waals surface area contributed by atoms with Crippen molar-refractivity contribution in [1.82, 2.24) is 4.98 Å². The molecule has 102 valence electrons. The zero-order valence-corrected chi connectivity index (χ0v) is 11.3. The normalized spacial score (nSPS) is 11.1. The van der Waals surface area contributed by atoms with Crippen LogP contribution < -0.4 is 10.9 Å². The number of nitrogens with zero attached hydrogens (tertiary/aromatic N) is 1. The zero-order valence-electron chi connectivity index (χ0n) is 11.3. The first-order chi connectivity index (χ1) is 9.81. The fourth-order valence-electron chi connectivity index (χ4n) is 2.34. The van der Waals surface area contributed by atoms with Crippen molar-refractivity contribution >= 4 is 27.6 Å². The predicted molar refractivity (Wildman–Crippen MR) is 81.2 cm³/mol. The minimum Gasteiger partial charge on any atom is -0.422 e. The van der Waals surface area contributed by atoms with Gasteiger partial charge in [0.2, 0.25) is 0 Å². The fourth-order valence-corrected chi connectivity index (χ4v) is 2.34. The summed E-state index contributed by atoms with van der Waals surface area (Å²) in [6, 6.07) is 9.42. The van der Waals surface area contributed by atoms with Crippen LogP contribution >= 0.6 is 0 Å². The lowest BCUT2D eigenvalue weighted by Gasteiger charge is -2.08. The minimum atomic E-state index is -0.342. The monoisotopic (exact) mass is 268 g/mol. The molecule has 0 amide bonds. The summed E-state index contributed by atoms with van der Waals surface area (Å²) >= 11 is 0. The molecule has 0 saturated heterocycles. The summed E-state index contributed by atoms with van der Waals surface area (Å²) in [5.74, 6) is 0.607. The smallest absolute Gasteiger partial charge is 0.347 e. The van der Waals surface area contributed by atoms with E-state index in [1.807, 2.05) is 24.3 Å². The van der Waals surface area contributed by atoms with Crippen LogP contribution in [0, 0.1) is 0 Å². The predicted octanol–water partition coefficient (Wildman–Crippen LogP) is 3.55. The summed E-state index contributed by atoms with van der Waals surface area (Å²) in [7, 11) is 0. The highest BCUT2D eigenvalue weighted by Gasteiger charge is 2.11. The molecule has 0 atom stereocenters. The number of aromatic nitrogens is 1. The number of para-hydroxylation sites is 1. The number of hydrogen-bond acceptors (Lipinski definition) is 4. The van der Waals surface area contributed by atoms with E-state index in [9.17, 15) is 4.79 Å². The summed E-state index contributed by atoms with van der Waals surface area (Å²) in [5.41, 5.74) is 0.265. The van der Waals surface area contributed by atoms with Crippen molar-refractivity contribution in [2.24, 2.45) is 0 Å². The number of nitrogens with one attached hydrogen (secondary N) is 1. The van der Waals surface area contributed by atoms with Gasteiger partial charge in [0.05, 0.1) is 0 Å². The lowest BCUT2D eigenvalue weighted by molar-refractivity contribution is 0.569. The van der Waals surface area contributed by atoms with E-state index in [1.54, 1.807) is 12.3 Å². The van der Waals surface area contributed by atoms with Crippen molar-refractivity contribution in [1.29, 1.82) is 0 Å². The second-order valence-corrected chi connectivity index (χ2v) is 4.75. The molecule has 2 aromatic heterocycles. The van der Waals surface area contributed by atoms with Crippen molar-refractivity contribution in [3.8, 4) is 0 Å². The number of rotatable bonds is 4. The summed E-state index contributed by atoms with van der Waals surface area (Å²) in [5, 5.41) is 5.57. The summed E-state index contributed by atoms with van der Waals surface area (Å²) in [6.45, 7) is 2.93. The summed E-state index contributed by atoms with van der Waals surface area (Å²) < 4.78 is 5.39. The number of pyridine rings is 1. The van der Waals surface area contributed by atoms with Gasteiger partial charge in [-0.1, -0.05) is 31.5 Å². The highest BCUT2D eigenvalue weighted by atomic mass is 16.4. The van der Waals surface area contributed by atoms with Gasteiger partial charge in [-0.3, -0.25) is 0 Å². The maximum atomic E-state index is 12.2. The molecule has 20 heavy (non-hydrogen) atoms. The molecule has 0 radical (unpaired) electrons. The van der Waals surface area contributed by atoms with Crippen LogP contribution in [0.15, 0.2) is 45.7 Å². The lowest BCUT2D eigenvalue weighted by Crippen LogP contribution is -2.09. The van der Waals surface area contributed by atoms with E-state index in [0.29, 0.717) is 16.8 Å². The highest BCUT2D eigenvalue weighted by molar-refractivity contribution is 6.07. The van der Waals surface area contributed by atoms with Gasteiger partial charge in [-0.05, 0) is 18.6 Å². The van der Waals surface area contributed by atoms with E-state index in [2.05, 4.69) is 17.2 Å². The quantitative estimate of drug-likeness (QED) is 0.446. The molecule has 2 heterocycles. The molecule has 0 fully saturated rings. The Labute approximate surface area is 116 Å². The number of hydrogen-bond donors (Lipinski definition) is 1. The third-order valence-corrected chi connectivity index (χ3v) is 3.36. The Morgan fingerprint density at radius 3 is 2.90 bits per heavy atom. The van der Waals surface area contributed by atoms with Crippen molar-refractivity contribution in [3.05, 3.63) is 46.9 Å². The number of fused-ring (bicyclic) bond motifs is 3. The fraction of sp³-hybridized carbons (Fsp3) is 0.250. The molecule has 0 aliphatic rings. The van der Waals surface area contributed by atoms with Gasteiger partial charge in [0.1, 0.15) is 16.8 Å². The Kier molecular flexibility index (Phi) is 3.37. The Morgan fingerprint density at radius 2 is 2.05 bits per heavy atom. The maximum Gasteiger partial charge on any atom is 0.347 e. The molecule has 4 heteroatoms. The number of anilines is 1. The molecule has 4 nitrogen and oxygen atoms in total. The average molecular weight is 268 g/mol. The van der Waals surface area contributed by atoms with Crippen LogP contribution in [0.1, 0.15) is 19.8 Å². The Bertz CT molecular complexity index is 808. The maximum absolute atomic E-state index is 12.2. The highest BCUT2D eigenvalue weighted by Crippen LogP contribution is 2.25. The molecule has 0 bridgehead atoms. The van der Waals surface area contributed by atoms with E-state index in [1.165, 1.54) is 0 Å². The van der Waals surface area contributed by atoms with Gasteiger partial charge in [-0.15, -0.1) is 0 Å². The van der Waals surface area contributed by atoms with Gasteiger partial charge in [0.25, 0.3) is 0 Å². The Morgan fingerprint density at radius 1 is 1.20 bits per heavy atom. The van der Waals surface area contributed by atoms with Crippen LogP contribution in [0.5, 0.6) is 0 Å². The molecule has 1 N–H and O–H groups in total. The Balaban J connectivity index is 2.23. The second kappa shape index (κ2) is 5.33. The van der Waals surface area contributed by atoms with Gasteiger partial charge < -0.3 is 9.73 Å². The summed E-state index contributed by atoms with van der Waals surface area (Å²) in [6.07, 6.45) is 3.86. The standard InChI is InChI=1S/C16H16N2O2/c1-2-3-9-17-15-14-12(8-10-18-15)11-6-4-5-7-13(11)20-16(14)19/h4-8,10H,2-3,9H2,1H3,(H,17,18). The number of benzene rings is 1. The lowest BCUT2D eigenvalue weighted by atomic mass is 10.1. The minimum absolute atomic E-state index is 0.342. The molecule has 1 aromatic carbocycles. The molecular weight excluding hydrogens is 252 g/mol. The molecule has 0 aliphatic heterocycles. The molecule has 3 aromatic rings. The van der Waals surface area contributed by atoms with Crippen molar-refractivity contribution in [3.63, 3.8) is 0 Å². The van der Waals surface area contributed by atoms with Crippen molar-refractivity contribution < 1.29 is 4.42 Å². The zero-order chi connectivity index (χ0) is 13.9. The average Bonchev–Trinajstić information content (AvgIpc) is 2.48. The largest absolute Gasteiger partial charge is 0.422 e. The first kappa shape index (κ1) is 12.7. The first-order valence-electron chi connectivity index (χ1n) is 6.85. The SMILES string of the molecule is CCCCNc1nccc2c1c(=O)oc1ccccc12. The van der Waals surface area contributed by atoms with Crippen LogP contribution in [0.25, 0.3) is 21.7 Å². The molecular formula is C16H16N2O2. The van der Waals surface area contributed by atoms with Crippen molar-refractivity contribution in [2.45, 2.75) is 19.8 Å². The molecule has 0 saturated carbocycles. The first-order valence-corrected chi connectivity index (χ1v) is 6.85. The van der Waals surface area contributed by atoms with Gasteiger partial charge in [-0.2, -0.15) is 0 Å². The van der Waals surface area contributed by atoms with Crippen LogP contribution in [-0.4, -0.2) is 11.5 Å². The number of unbranched alkanes of at least 4 members (excludes halogenated alkanes) is 1. The van der Waals surface area contributed by atoms with Crippen LogP contribution in [0.4, 0.5) is 5.82 Å². The van der Waals surface area contributed by atoms with Crippen molar-refractivity contribution in [2.75, 3.05) is 11.9 Å². The van der Waals surface area contributed by atoms with Crippen LogP contribution in [0.3, 0.4) is 0 Å². The van der Waals surface area contributed by atoms with E-state index < -0.39 is 0 Å². The summed E-state index contributed by atoms with van der Waals surface area (Å²) in [4.78, 5) is 16.5. The van der Waals surface area contributed by atoms with Crippen LogP contribution in [-0.2, 0) is 0 Å². The van der Waals surface area contributed by atoms with E-state index >= 15 is 0 Å².